The van der Waals surface area contributed by atoms with E-state index < -0.39 is 0 Å². The molecule has 0 radical (unpaired) electrons. The van der Waals surface area contributed by atoms with Crippen LogP contribution in [-0.2, 0) is 6.42 Å². The summed E-state index contributed by atoms with van der Waals surface area (Å²) in [6.07, 6.45) is 2.23. The highest BCUT2D eigenvalue weighted by Crippen LogP contribution is 2.32. The van der Waals surface area contributed by atoms with Crippen molar-refractivity contribution < 1.29 is 14.0 Å². The molecule has 0 bridgehead atoms. The SMILES string of the molecule is O=C(Nc1ccc2c(c1)CCN2C(=O)c1ccco1)c1ccccc1Br. The van der Waals surface area contributed by atoms with E-state index in [1.54, 1.807) is 29.2 Å². The number of hydrogen-bond donors (Lipinski definition) is 1. The Labute approximate surface area is 158 Å². The predicted molar refractivity (Wildman–Crippen MR) is 103 cm³/mol. The van der Waals surface area contributed by atoms with Crippen LogP contribution in [0.2, 0.25) is 0 Å². The molecule has 2 heterocycles. The molecule has 0 spiro atoms. The monoisotopic (exact) mass is 410 g/mol. The summed E-state index contributed by atoms with van der Waals surface area (Å²) in [4.78, 5) is 26.7. The Morgan fingerprint density at radius 2 is 1.92 bits per heavy atom. The molecule has 130 valence electrons. The van der Waals surface area contributed by atoms with E-state index in [1.165, 1.54) is 6.26 Å². The van der Waals surface area contributed by atoms with Crippen LogP contribution in [-0.4, -0.2) is 18.4 Å². The van der Waals surface area contributed by atoms with Crippen LogP contribution in [0.4, 0.5) is 11.4 Å². The van der Waals surface area contributed by atoms with Crippen molar-refractivity contribution in [1.82, 2.24) is 0 Å². The number of anilines is 2. The minimum absolute atomic E-state index is 0.154. The molecule has 1 aromatic heterocycles. The van der Waals surface area contributed by atoms with Gasteiger partial charge in [0.15, 0.2) is 5.76 Å². The van der Waals surface area contributed by atoms with Gasteiger partial charge < -0.3 is 14.6 Å². The first kappa shape index (κ1) is 16.6. The molecule has 0 unspecified atom stereocenters. The molecule has 0 aliphatic carbocycles. The predicted octanol–water partition coefficient (Wildman–Crippen LogP) is 4.50. The molecule has 2 aromatic carbocycles. The van der Waals surface area contributed by atoms with Gasteiger partial charge in [0.25, 0.3) is 11.8 Å². The van der Waals surface area contributed by atoms with Crippen molar-refractivity contribution in [2.45, 2.75) is 6.42 Å². The van der Waals surface area contributed by atoms with E-state index >= 15 is 0 Å². The summed E-state index contributed by atoms with van der Waals surface area (Å²) in [5.41, 5.74) is 3.15. The summed E-state index contributed by atoms with van der Waals surface area (Å²) in [6, 6.07) is 16.2. The van der Waals surface area contributed by atoms with Crippen LogP contribution in [0.1, 0.15) is 26.5 Å². The first-order valence-corrected chi connectivity index (χ1v) is 8.97. The van der Waals surface area contributed by atoms with E-state index in [1.807, 2.05) is 30.3 Å². The number of nitrogens with one attached hydrogen (secondary N) is 1. The van der Waals surface area contributed by atoms with Crippen LogP contribution >= 0.6 is 15.9 Å². The van der Waals surface area contributed by atoms with Crippen molar-refractivity contribution in [3.05, 3.63) is 82.2 Å². The lowest BCUT2D eigenvalue weighted by molar-refractivity contribution is 0.0962. The molecule has 26 heavy (non-hydrogen) atoms. The summed E-state index contributed by atoms with van der Waals surface area (Å²) in [7, 11) is 0. The maximum atomic E-state index is 12.5. The van der Waals surface area contributed by atoms with Gasteiger partial charge in [-0.15, -0.1) is 0 Å². The zero-order valence-electron chi connectivity index (χ0n) is 13.7. The summed E-state index contributed by atoms with van der Waals surface area (Å²) < 4.78 is 5.95. The highest BCUT2D eigenvalue weighted by atomic mass is 79.9. The molecule has 1 aliphatic heterocycles. The maximum absolute atomic E-state index is 12.5. The minimum atomic E-state index is -0.182. The third-order valence-electron chi connectivity index (χ3n) is 4.33. The second-order valence-corrected chi connectivity index (χ2v) is 6.82. The van der Waals surface area contributed by atoms with Gasteiger partial charge in [0.05, 0.1) is 11.8 Å². The number of hydrogen-bond acceptors (Lipinski definition) is 3. The van der Waals surface area contributed by atoms with E-state index in [-0.39, 0.29) is 11.8 Å². The maximum Gasteiger partial charge on any atom is 0.293 e. The van der Waals surface area contributed by atoms with Crippen molar-refractivity contribution in [1.29, 1.82) is 0 Å². The molecule has 2 amide bonds. The van der Waals surface area contributed by atoms with Gasteiger partial charge in [0, 0.05) is 22.4 Å². The Morgan fingerprint density at radius 3 is 2.69 bits per heavy atom. The van der Waals surface area contributed by atoms with E-state index in [0.29, 0.717) is 23.6 Å². The largest absolute Gasteiger partial charge is 0.459 e. The lowest BCUT2D eigenvalue weighted by Crippen LogP contribution is -2.28. The molecule has 6 heteroatoms. The molecule has 0 fully saturated rings. The van der Waals surface area contributed by atoms with E-state index in [2.05, 4.69) is 21.2 Å². The number of rotatable bonds is 3. The standard InChI is InChI=1S/C20H15BrN2O3/c21-16-5-2-1-4-15(16)19(24)22-14-7-8-17-13(12-14)9-10-23(17)20(25)18-6-3-11-26-18/h1-8,11-12H,9-10H2,(H,22,24). The van der Waals surface area contributed by atoms with Crippen molar-refractivity contribution >= 4 is 39.1 Å². The molecular weight excluding hydrogens is 396 g/mol. The molecular formula is C20H15BrN2O3. The number of carbonyl (C=O) groups excluding carboxylic acids is 2. The van der Waals surface area contributed by atoms with E-state index in [0.717, 1.165) is 22.1 Å². The Kier molecular flexibility index (Phi) is 4.34. The van der Waals surface area contributed by atoms with Gasteiger partial charge in [-0.05, 0) is 70.4 Å². The van der Waals surface area contributed by atoms with Crippen LogP contribution in [0.5, 0.6) is 0 Å². The number of benzene rings is 2. The topological polar surface area (TPSA) is 62.6 Å². The third kappa shape index (κ3) is 3.04. The van der Waals surface area contributed by atoms with E-state index in [4.69, 9.17) is 4.42 Å². The van der Waals surface area contributed by atoms with Crippen molar-refractivity contribution in [3.8, 4) is 0 Å². The van der Waals surface area contributed by atoms with Crippen LogP contribution in [0.25, 0.3) is 0 Å². The van der Waals surface area contributed by atoms with Gasteiger partial charge in [0.1, 0.15) is 0 Å². The quantitative estimate of drug-likeness (QED) is 0.691. The van der Waals surface area contributed by atoms with Crippen LogP contribution in [0.3, 0.4) is 0 Å². The van der Waals surface area contributed by atoms with Gasteiger partial charge in [-0.3, -0.25) is 9.59 Å². The summed E-state index contributed by atoms with van der Waals surface area (Å²) in [6.45, 7) is 0.594. The fourth-order valence-corrected chi connectivity index (χ4v) is 3.53. The fourth-order valence-electron chi connectivity index (χ4n) is 3.07. The number of halogens is 1. The first-order valence-electron chi connectivity index (χ1n) is 8.17. The molecule has 0 saturated heterocycles. The van der Waals surface area contributed by atoms with Crippen molar-refractivity contribution in [2.24, 2.45) is 0 Å². The number of furan rings is 1. The van der Waals surface area contributed by atoms with Gasteiger partial charge in [-0.2, -0.15) is 0 Å². The molecule has 1 N–H and O–H groups in total. The molecule has 0 atom stereocenters. The third-order valence-corrected chi connectivity index (χ3v) is 5.02. The number of fused-ring (bicyclic) bond motifs is 1. The van der Waals surface area contributed by atoms with Gasteiger partial charge in [0.2, 0.25) is 0 Å². The average Bonchev–Trinajstić information content (AvgIpc) is 3.31. The van der Waals surface area contributed by atoms with Crippen LogP contribution < -0.4 is 10.2 Å². The minimum Gasteiger partial charge on any atom is -0.459 e. The zero-order chi connectivity index (χ0) is 18.1. The van der Waals surface area contributed by atoms with Crippen LogP contribution in [0.15, 0.2) is 69.8 Å². The number of carbonyl (C=O) groups is 2. The zero-order valence-corrected chi connectivity index (χ0v) is 15.3. The van der Waals surface area contributed by atoms with Crippen LogP contribution in [0, 0.1) is 0 Å². The Morgan fingerprint density at radius 1 is 1.08 bits per heavy atom. The van der Waals surface area contributed by atoms with Crippen molar-refractivity contribution in [2.75, 3.05) is 16.8 Å². The second kappa shape index (κ2) is 6.80. The Balaban J connectivity index is 1.54. The van der Waals surface area contributed by atoms with Gasteiger partial charge >= 0.3 is 0 Å². The summed E-state index contributed by atoms with van der Waals surface area (Å²) in [5.74, 6) is -0.0122. The first-order chi connectivity index (χ1) is 12.6. The molecule has 0 saturated carbocycles. The summed E-state index contributed by atoms with van der Waals surface area (Å²) in [5, 5.41) is 2.91. The van der Waals surface area contributed by atoms with Gasteiger partial charge in [-0.25, -0.2) is 0 Å². The molecule has 1 aliphatic rings. The molecule has 3 aromatic rings. The average molecular weight is 411 g/mol. The smallest absolute Gasteiger partial charge is 0.293 e. The highest BCUT2D eigenvalue weighted by Gasteiger charge is 2.27. The summed E-state index contributed by atoms with van der Waals surface area (Å²) >= 11 is 3.39. The Bertz CT molecular complexity index is 982. The highest BCUT2D eigenvalue weighted by molar-refractivity contribution is 9.10. The lowest BCUT2D eigenvalue weighted by Gasteiger charge is -2.16. The lowest BCUT2D eigenvalue weighted by atomic mass is 10.1. The molecule has 5 nitrogen and oxygen atoms in total. The normalized spacial score (nSPS) is 12.7. The van der Waals surface area contributed by atoms with E-state index in [9.17, 15) is 9.59 Å². The van der Waals surface area contributed by atoms with Gasteiger partial charge in [-0.1, -0.05) is 12.1 Å². The fraction of sp³-hybridized carbons (Fsp3) is 0.100. The molecule has 4 rings (SSSR count). The van der Waals surface area contributed by atoms with Crippen molar-refractivity contribution in [3.63, 3.8) is 0 Å². The number of amides is 2. The Hall–Kier alpha value is -2.86. The second-order valence-electron chi connectivity index (χ2n) is 5.96. The number of nitrogens with zero attached hydrogens (tertiary/aromatic N) is 1.